The Kier molecular flexibility index (Phi) is 7.96. The molecule has 0 spiro atoms. The summed E-state index contributed by atoms with van der Waals surface area (Å²) in [5.74, 6) is -0.411. The molecule has 18 heavy (non-hydrogen) atoms. The van der Waals surface area contributed by atoms with Crippen molar-refractivity contribution in [3.8, 4) is 0 Å². The van der Waals surface area contributed by atoms with Crippen LogP contribution in [-0.2, 0) is 9.53 Å². The van der Waals surface area contributed by atoms with Gasteiger partial charge in [0, 0.05) is 18.6 Å². The van der Waals surface area contributed by atoms with Crippen LogP contribution in [0.15, 0.2) is 0 Å². The maximum Gasteiger partial charge on any atom is 0.243 e. The molecule has 1 fully saturated rings. The normalized spacial score (nSPS) is 22.4. The first-order chi connectivity index (χ1) is 8.68. The molecule has 0 aromatic heterocycles. The molecule has 0 radical (unpaired) electrons. The average molecular weight is 257 g/mol. The molecule has 106 valence electrons. The number of hydrogen-bond donors (Lipinski definition) is 3. The summed E-state index contributed by atoms with van der Waals surface area (Å²) >= 11 is 0. The minimum absolute atomic E-state index is 0.0141. The molecular weight excluding hydrogens is 230 g/mol. The second kappa shape index (κ2) is 9.30. The third kappa shape index (κ3) is 7.63. The second-order valence-electron chi connectivity index (χ2n) is 5.11. The van der Waals surface area contributed by atoms with Gasteiger partial charge in [-0.3, -0.25) is 4.79 Å². The first kappa shape index (κ1) is 15.4. The maximum atomic E-state index is 10.5. The van der Waals surface area contributed by atoms with Crippen molar-refractivity contribution in [1.29, 1.82) is 0 Å². The molecule has 4 N–H and O–H groups in total. The zero-order valence-corrected chi connectivity index (χ0v) is 11.4. The van der Waals surface area contributed by atoms with Gasteiger partial charge in [-0.05, 0) is 32.7 Å². The van der Waals surface area contributed by atoms with Gasteiger partial charge in [0.2, 0.25) is 5.91 Å². The summed E-state index contributed by atoms with van der Waals surface area (Å²) in [5.41, 5.74) is 4.98. The van der Waals surface area contributed by atoms with Crippen LogP contribution in [-0.4, -0.2) is 44.3 Å². The Morgan fingerprint density at radius 3 is 3.11 bits per heavy atom. The molecule has 1 aliphatic rings. The first-order valence-corrected chi connectivity index (χ1v) is 7.01. The van der Waals surface area contributed by atoms with Crippen molar-refractivity contribution in [3.05, 3.63) is 0 Å². The second-order valence-corrected chi connectivity index (χ2v) is 5.11. The molecule has 0 aliphatic carbocycles. The van der Waals surface area contributed by atoms with Crippen LogP contribution in [0.25, 0.3) is 0 Å². The molecule has 1 amide bonds. The average Bonchev–Trinajstić information content (AvgIpc) is 2.56. The van der Waals surface area contributed by atoms with E-state index in [4.69, 9.17) is 10.5 Å². The maximum absolute atomic E-state index is 10.5. The van der Waals surface area contributed by atoms with Crippen LogP contribution < -0.4 is 16.4 Å². The summed E-state index contributed by atoms with van der Waals surface area (Å²) in [6, 6.07) is 1.11. The quantitative estimate of drug-likeness (QED) is 0.550. The summed E-state index contributed by atoms with van der Waals surface area (Å²) in [6.07, 6.45) is 6.43. The predicted octanol–water partition coefficient (Wildman–Crippen LogP) is 0.389. The molecule has 1 rings (SSSR count). The number of amides is 1. The van der Waals surface area contributed by atoms with Crippen molar-refractivity contribution < 1.29 is 9.53 Å². The summed E-state index contributed by atoms with van der Waals surface area (Å²) in [7, 11) is 0. The zero-order valence-electron chi connectivity index (χ0n) is 11.4. The molecule has 1 heterocycles. The zero-order chi connectivity index (χ0) is 13.2. The number of rotatable bonds is 8. The van der Waals surface area contributed by atoms with Crippen LogP contribution in [0, 0.1) is 0 Å². The van der Waals surface area contributed by atoms with E-state index in [0.717, 1.165) is 19.5 Å². The van der Waals surface area contributed by atoms with Gasteiger partial charge >= 0.3 is 0 Å². The van der Waals surface area contributed by atoms with E-state index in [1.54, 1.807) is 0 Å². The highest BCUT2D eigenvalue weighted by Crippen LogP contribution is 2.12. The van der Waals surface area contributed by atoms with Gasteiger partial charge in [0.1, 0.15) is 6.61 Å². The smallest absolute Gasteiger partial charge is 0.243 e. The number of carbonyl (C=O) groups excluding carboxylic acids is 1. The molecule has 2 unspecified atom stereocenters. The fourth-order valence-corrected chi connectivity index (χ4v) is 2.36. The number of nitrogens with two attached hydrogens (primary N) is 1. The van der Waals surface area contributed by atoms with Crippen LogP contribution >= 0.6 is 0 Å². The lowest BCUT2D eigenvalue weighted by atomic mass is 10.0. The number of ether oxygens (including phenoxy) is 1. The molecule has 1 aliphatic heterocycles. The van der Waals surface area contributed by atoms with Crippen molar-refractivity contribution in [1.82, 2.24) is 10.6 Å². The van der Waals surface area contributed by atoms with Crippen molar-refractivity contribution in [2.45, 2.75) is 51.1 Å². The van der Waals surface area contributed by atoms with Gasteiger partial charge in [0.15, 0.2) is 0 Å². The topological polar surface area (TPSA) is 76.4 Å². The Morgan fingerprint density at radius 2 is 2.33 bits per heavy atom. The molecule has 5 nitrogen and oxygen atoms in total. The molecule has 1 saturated heterocycles. The van der Waals surface area contributed by atoms with Crippen molar-refractivity contribution in [2.75, 3.05) is 26.3 Å². The fourth-order valence-electron chi connectivity index (χ4n) is 2.36. The molecule has 0 aromatic rings. The first-order valence-electron chi connectivity index (χ1n) is 7.01. The summed E-state index contributed by atoms with van der Waals surface area (Å²) in [5, 5.41) is 7.00. The van der Waals surface area contributed by atoms with Crippen molar-refractivity contribution in [2.24, 2.45) is 5.73 Å². The summed E-state index contributed by atoms with van der Waals surface area (Å²) in [6.45, 7) is 4.66. The molecule has 0 bridgehead atoms. The highest BCUT2D eigenvalue weighted by molar-refractivity contribution is 5.74. The summed E-state index contributed by atoms with van der Waals surface area (Å²) < 4.78 is 5.10. The minimum atomic E-state index is -0.411. The number of carbonyl (C=O) groups is 1. The number of nitrogens with one attached hydrogen (secondary N) is 2. The predicted molar refractivity (Wildman–Crippen MR) is 72.4 cm³/mol. The van der Waals surface area contributed by atoms with E-state index in [-0.39, 0.29) is 6.61 Å². The SMILES string of the molecule is CC(CC1CCCCCN1)NCCOCC(N)=O. The lowest BCUT2D eigenvalue weighted by Gasteiger charge is -2.21. The standard InChI is InChI=1S/C13H27N3O2/c1-11(15-7-8-18-10-13(14)17)9-12-5-3-2-4-6-16-12/h11-12,15-16H,2-10H2,1H3,(H2,14,17). The van der Waals surface area contributed by atoms with Gasteiger partial charge < -0.3 is 21.1 Å². The molecule has 2 atom stereocenters. The Labute approximate surface area is 110 Å². The van der Waals surface area contributed by atoms with E-state index in [0.29, 0.717) is 18.7 Å². The van der Waals surface area contributed by atoms with E-state index in [1.807, 2.05) is 0 Å². The fraction of sp³-hybridized carbons (Fsp3) is 0.923. The van der Waals surface area contributed by atoms with E-state index in [9.17, 15) is 4.79 Å². The van der Waals surface area contributed by atoms with E-state index in [1.165, 1.54) is 25.7 Å². The Balaban J connectivity index is 2.01. The lowest BCUT2D eigenvalue weighted by Crippen LogP contribution is -2.38. The number of primary amides is 1. The van der Waals surface area contributed by atoms with Crippen LogP contribution in [0.4, 0.5) is 0 Å². The monoisotopic (exact) mass is 257 g/mol. The largest absolute Gasteiger partial charge is 0.370 e. The lowest BCUT2D eigenvalue weighted by molar-refractivity contribution is -0.122. The molecule has 5 heteroatoms. The minimum Gasteiger partial charge on any atom is -0.370 e. The van der Waals surface area contributed by atoms with Crippen LogP contribution in [0.5, 0.6) is 0 Å². The van der Waals surface area contributed by atoms with Gasteiger partial charge in [0.25, 0.3) is 0 Å². The Morgan fingerprint density at radius 1 is 1.50 bits per heavy atom. The van der Waals surface area contributed by atoms with Gasteiger partial charge in [-0.25, -0.2) is 0 Å². The van der Waals surface area contributed by atoms with Gasteiger partial charge in [-0.1, -0.05) is 12.8 Å². The highest BCUT2D eigenvalue weighted by atomic mass is 16.5. The third-order valence-electron chi connectivity index (χ3n) is 3.28. The molecule has 0 aromatic carbocycles. The molecular formula is C13H27N3O2. The van der Waals surface area contributed by atoms with Crippen molar-refractivity contribution in [3.63, 3.8) is 0 Å². The van der Waals surface area contributed by atoms with Crippen molar-refractivity contribution >= 4 is 5.91 Å². The van der Waals surface area contributed by atoms with Gasteiger partial charge in [0.05, 0.1) is 6.61 Å². The van der Waals surface area contributed by atoms with E-state index >= 15 is 0 Å². The number of hydrogen-bond acceptors (Lipinski definition) is 4. The van der Waals surface area contributed by atoms with E-state index < -0.39 is 5.91 Å². The summed E-state index contributed by atoms with van der Waals surface area (Å²) in [4.78, 5) is 10.5. The Hall–Kier alpha value is -0.650. The van der Waals surface area contributed by atoms with Crippen LogP contribution in [0.2, 0.25) is 0 Å². The van der Waals surface area contributed by atoms with Crippen LogP contribution in [0.3, 0.4) is 0 Å². The Bertz CT molecular complexity index is 228. The highest BCUT2D eigenvalue weighted by Gasteiger charge is 2.14. The van der Waals surface area contributed by atoms with Crippen LogP contribution in [0.1, 0.15) is 39.0 Å². The molecule has 0 saturated carbocycles. The third-order valence-corrected chi connectivity index (χ3v) is 3.28. The van der Waals surface area contributed by atoms with E-state index in [2.05, 4.69) is 17.6 Å². The van der Waals surface area contributed by atoms with Gasteiger partial charge in [-0.2, -0.15) is 0 Å². The van der Waals surface area contributed by atoms with Gasteiger partial charge in [-0.15, -0.1) is 0 Å².